The van der Waals surface area contributed by atoms with Gasteiger partial charge in [0.15, 0.2) is 0 Å². The minimum atomic E-state index is -0.577. The van der Waals surface area contributed by atoms with Gasteiger partial charge in [-0.15, -0.1) is 0 Å². The zero-order valence-electron chi connectivity index (χ0n) is 9.82. The number of rotatable bonds is 2. The van der Waals surface area contributed by atoms with Crippen molar-refractivity contribution in [3.8, 4) is 0 Å². The molecular weight excluding hydrogens is 236 g/mol. The number of H-pyrrole nitrogens is 1. The molecule has 0 aliphatic carbocycles. The number of fused-ring (bicyclic) bond motifs is 1. The topological polar surface area (TPSA) is 61.0 Å². The fourth-order valence-corrected chi connectivity index (χ4v) is 3.66. The van der Waals surface area contributed by atoms with E-state index in [9.17, 15) is 4.21 Å². The molecule has 1 unspecified atom stereocenters. The molecule has 0 bridgehead atoms. The molecule has 3 rings (SSSR count). The molecule has 0 aromatic carbocycles. The van der Waals surface area contributed by atoms with Crippen molar-refractivity contribution in [1.29, 1.82) is 0 Å². The van der Waals surface area contributed by atoms with Gasteiger partial charge in [0.2, 0.25) is 0 Å². The molecule has 0 spiro atoms. The van der Waals surface area contributed by atoms with Crippen molar-refractivity contribution < 1.29 is 4.21 Å². The Morgan fingerprint density at radius 1 is 1.47 bits per heavy atom. The first kappa shape index (κ1) is 11.4. The first-order valence-corrected chi connectivity index (χ1v) is 7.62. The van der Waals surface area contributed by atoms with E-state index in [2.05, 4.69) is 20.2 Å². The summed E-state index contributed by atoms with van der Waals surface area (Å²) in [5.41, 5.74) is 2.43. The maximum absolute atomic E-state index is 11.3. The van der Waals surface area contributed by atoms with E-state index >= 15 is 0 Å². The van der Waals surface area contributed by atoms with Crippen LogP contribution in [0.25, 0.3) is 0 Å². The number of nitrogens with zero attached hydrogens (tertiary/aromatic N) is 2. The van der Waals surface area contributed by atoms with Gasteiger partial charge in [-0.1, -0.05) is 0 Å². The lowest BCUT2D eigenvalue weighted by Crippen LogP contribution is -2.48. The Hall–Kier alpha value is -0.720. The van der Waals surface area contributed by atoms with Gasteiger partial charge in [-0.3, -0.25) is 9.11 Å². The molecule has 3 heterocycles. The lowest BCUT2D eigenvalue weighted by atomic mass is 10.1. The third-order valence-corrected chi connectivity index (χ3v) is 4.84. The first-order valence-electron chi connectivity index (χ1n) is 6.13. The molecule has 0 amide bonds. The molecular formula is C11H18N4OS. The summed E-state index contributed by atoms with van der Waals surface area (Å²) in [6.45, 7) is 3.87. The largest absolute Gasteiger partial charge is 0.347 e. The minimum absolute atomic E-state index is 0.484. The monoisotopic (exact) mass is 254 g/mol. The molecule has 1 aromatic rings. The zero-order valence-corrected chi connectivity index (χ0v) is 10.6. The Bertz CT molecular complexity index is 409. The number of aromatic amines is 1. The Morgan fingerprint density at radius 2 is 2.29 bits per heavy atom. The van der Waals surface area contributed by atoms with Gasteiger partial charge < -0.3 is 10.3 Å². The van der Waals surface area contributed by atoms with Crippen LogP contribution in [0.1, 0.15) is 11.4 Å². The molecule has 94 valence electrons. The van der Waals surface area contributed by atoms with E-state index in [1.54, 1.807) is 6.33 Å². The average molecular weight is 254 g/mol. The molecule has 2 aliphatic rings. The van der Waals surface area contributed by atoms with E-state index in [1.165, 1.54) is 11.4 Å². The molecule has 1 saturated heterocycles. The molecule has 1 fully saturated rings. The van der Waals surface area contributed by atoms with E-state index in [0.29, 0.717) is 6.04 Å². The highest BCUT2D eigenvalue weighted by atomic mass is 32.2. The van der Waals surface area contributed by atoms with Crippen LogP contribution in [0.4, 0.5) is 0 Å². The molecule has 0 saturated carbocycles. The molecule has 0 radical (unpaired) electrons. The molecule has 17 heavy (non-hydrogen) atoms. The van der Waals surface area contributed by atoms with E-state index in [-0.39, 0.29) is 0 Å². The summed E-state index contributed by atoms with van der Waals surface area (Å²) in [6, 6.07) is 0.484. The maximum atomic E-state index is 11.3. The van der Waals surface area contributed by atoms with Gasteiger partial charge in [-0.2, -0.15) is 0 Å². The van der Waals surface area contributed by atoms with Crippen LogP contribution >= 0.6 is 0 Å². The van der Waals surface area contributed by atoms with E-state index < -0.39 is 10.8 Å². The highest BCUT2D eigenvalue weighted by Gasteiger charge is 2.23. The van der Waals surface area contributed by atoms with Crippen LogP contribution in [0.15, 0.2) is 6.33 Å². The minimum Gasteiger partial charge on any atom is -0.347 e. The first-order chi connectivity index (χ1) is 8.31. The maximum Gasteiger partial charge on any atom is 0.0925 e. The van der Waals surface area contributed by atoms with Crippen LogP contribution in [0.3, 0.4) is 0 Å². The summed E-state index contributed by atoms with van der Waals surface area (Å²) in [5.74, 6) is 1.67. The van der Waals surface area contributed by atoms with Crippen molar-refractivity contribution in [3.63, 3.8) is 0 Å². The molecule has 2 aliphatic heterocycles. The number of nitrogens with one attached hydrogen (secondary N) is 2. The van der Waals surface area contributed by atoms with E-state index in [1.807, 2.05) is 0 Å². The normalized spacial score (nSPS) is 26.9. The Balaban J connectivity index is 1.55. The quantitative estimate of drug-likeness (QED) is 0.746. The second-order valence-electron chi connectivity index (χ2n) is 4.76. The van der Waals surface area contributed by atoms with Gasteiger partial charge in [0.1, 0.15) is 0 Å². The number of hydrogen-bond acceptors (Lipinski definition) is 4. The summed E-state index contributed by atoms with van der Waals surface area (Å²) in [4.78, 5) is 9.92. The Morgan fingerprint density at radius 3 is 3.12 bits per heavy atom. The van der Waals surface area contributed by atoms with Crippen molar-refractivity contribution in [2.75, 3.05) is 31.1 Å². The highest BCUT2D eigenvalue weighted by Crippen LogP contribution is 2.13. The van der Waals surface area contributed by atoms with Gasteiger partial charge in [-0.05, 0) is 0 Å². The molecule has 1 aromatic heterocycles. The number of hydrogen-bond donors (Lipinski definition) is 2. The van der Waals surface area contributed by atoms with Crippen molar-refractivity contribution in [2.45, 2.75) is 19.0 Å². The summed E-state index contributed by atoms with van der Waals surface area (Å²) in [6.07, 6.45) is 2.77. The van der Waals surface area contributed by atoms with Crippen LogP contribution in [0.2, 0.25) is 0 Å². The highest BCUT2D eigenvalue weighted by molar-refractivity contribution is 7.85. The SMILES string of the molecule is O=S1CCN(CC2Cc3nc[nH]c3CN2)CC1. The predicted molar refractivity (Wildman–Crippen MR) is 67.2 cm³/mol. The predicted octanol–water partition coefficient (Wildman–Crippen LogP) is -0.512. The Labute approximate surface area is 103 Å². The van der Waals surface area contributed by atoms with Crippen LogP contribution < -0.4 is 5.32 Å². The third-order valence-electron chi connectivity index (χ3n) is 3.56. The standard InChI is InChI=1S/C11H18N4OS/c16-17-3-1-15(2-4-17)7-9-5-10-11(6-12-9)14-8-13-10/h8-9,12H,1-7H2,(H,13,14). The van der Waals surface area contributed by atoms with Gasteiger partial charge in [0, 0.05) is 60.9 Å². The zero-order chi connectivity index (χ0) is 11.7. The second kappa shape index (κ2) is 4.88. The van der Waals surface area contributed by atoms with E-state index in [0.717, 1.165) is 44.1 Å². The van der Waals surface area contributed by atoms with E-state index in [4.69, 9.17) is 0 Å². The summed E-state index contributed by atoms with van der Waals surface area (Å²) in [5, 5.41) is 3.53. The van der Waals surface area contributed by atoms with Crippen LogP contribution in [0.5, 0.6) is 0 Å². The van der Waals surface area contributed by atoms with Crippen LogP contribution in [-0.4, -0.2) is 56.3 Å². The van der Waals surface area contributed by atoms with Crippen LogP contribution in [-0.2, 0) is 23.8 Å². The second-order valence-corrected chi connectivity index (χ2v) is 6.45. The summed E-state index contributed by atoms with van der Waals surface area (Å²) in [7, 11) is -0.577. The molecule has 1 atom stereocenters. The van der Waals surface area contributed by atoms with Crippen molar-refractivity contribution in [2.24, 2.45) is 0 Å². The fraction of sp³-hybridized carbons (Fsp3) is 0.727. The summed E-state index contributed by atoms with van der Waals surface area (Å²) < 4.78 is 11.3. The Kier molecular flexibility index (Phi) is 3.26. The molecule has 6 heteroatoms. The average Bonchev–Trinajstić information content (AvgIpc) is 2.79. The van der Waals surface area contributed by atoms with Crippen molar-refractivity contribution >= 4 is 10.8 Å². The van der Waals surface area contributed by atoms with Crippen molar-refractivity contribution in [1.82, 2.24) is 20.2 Å². The van der Waals surface area contributed by atoms with Gasteiger partial charge in [-0.25, -0.2) is 4.98 Å². The summed E-state index contributed by atoms with van der Waals surface area (Å²) >= 11 is 0. The molecule has 2 N–H and O–H groups in total. The van der Waals surface area contributed by atoms with Gasteiger partial charge >= 0.3 is 0 Å². The van der Waals surface area contributed by atoms with Crippen LogP contribution in [0, 0.1) is 0 Å². The smallest absolute Gasteiger partial charge is 0.0925 e. The van der Waals surface area contributed by atoms with Gasteiger partial charge in [0.25, 0.3) is 0 Å². The lowest BCUT2D eigenvalue weighted by Gasteiger charge is -2.32. The number of aromatic nitrogens is 2. The number of imidazole rings is 1. The molecule has 5 nitrogen and oxygen atoms in total. The lowest BCUT2D eigenvalue weighted by molar-refractivity contribution is 0.253. The van der Waals surface area contributed by atoms with Crippen molar-refractivity contribution in [3.05, 3.63) is 17.7 Å². The third kappa shape index (κ3) is 2.59. The fourth-order valence-electron chi connectivity index (χ4n) is 2.53. The van der Waals surface area contributed by atoms with Gasteiger partial charge in [0.05, 0.1) is 17.7 Å².